The lowest BCUT2D eigenvalue weighted by atomic mass is 9.88. The molecule has 1 unspecified atom stereocenters. The molecule has 1 aromatic rings. The van der Waals surface area contributed by atoms with Gasteiger partial charge in [0.2, 0.25) is 0 Å². The third-order valence-electron chi connectivity index (χ3n) is 6.15. The largest absolute Gasteiger partial charge is 0.457 e. The Morgan fingerprint density at radius 2 is 2.00 bits per heavy atom. The molecule has 0 N–H and O–H groups in total. The Balaban J connectivity index is 1.64. The number of rotatable bonds is 9. The fourth-order valence-electron chi connectivity index (χ4n) is 4.48. The van der Waals surface area contributed by atoms with Crippen molar-refractivity contribution in [2.45, 2.75) is 51.6 Å². The number of hydrogen-bond donors (Lipinski definition) is 0. The van der Waals surface area contributed by atoms with E-state index in [-0.39, 0.29) is 12.1 Å². The molecule has 3 rings (SSSR count). The highest BCUT2D eigenvalue weighted by molar-refractivity contribution is 5.70. The molecular weight excluding hydrogens is 372 g/mol. The van der Waals surface area contributed by atoms with Crippen LogP contribution in [0.2, 0.25) is 0 Å². The summed E-state index contributed by atoms with van der Waals surface area (Å²) in [5.41, 5.74) is 4.80. The van der Waals surface area contributed by atoms with Crippen LogP contribution in [0.15, 0.2) is 55.2 Å². The fourth-order valence-corrected chi connectivity index (χ4v) is 4.48. The van der Waals surface area contributed by atoms with Gasteiger partial charge in [0.25, 0.3) is 0 Å². The van der Waals surface area contributed by atoms with Gasteiger partial charge in [-0.2, -0.15) is 0 Å². The minimum absolute atomic E-state index is 0.127. The van der Waals surface area contributed by atoms with E-state index in [9.17, 15) is 4.79 Å². The molecule has 1 aromatic carbocycles. The number of ether oxygens (including phenoxy) is 1. The number of carbonyl (C=O) groups excluding carboxylic acids is 1. The zero-order valence-electron chi connectivity index (χ0n) is 18.4. The van der Waals surface area contributed by atoms with Gasteiger partial charge in [-0.1, -0.05) is 44.4 Å². The van der Waals surface area contributed by atoms with Gasteiger partial charge in [0.05, 0.1) is 0 Å². The number of piperazine rings is 1. The summed E-state index contributed by atoms with van der Waals surface area (Å²) in [4.78, 5) is 17.5. The van der Waals surface area contributed by atoms with Gasteiger partial charge in [-0.3, -0.25) is 9.69 Å². The Bertz CT molecular complexity index is 775. The quantitative estimate of drug-likeness (QED) is 0.414. The molecule has 1 fully saturated rings. The van der Waals surface area contributed by atoms with Crippen LogP contribution >= 0.6 is 0 Å². The average molecular weight is 409 g/mol. The molecule has 1 heterocycles. The number of allylic oxidation sites excluding steroid dienone is 4. The van der Waals surface area contributed by atoms with Crippen LogP contribution in [0.25, 0.3) is 0 Å². The lowest BCUT2D eigenvalue weighted by Gasteiger charge is -2.37. The molecule has 1 saturated heterocycles. The summed E-state index contributed by atoms with van der Waals surface area (Å²) in [6.07, 6.45) is 10.5. The first-order valence-electron chi connectivity index (χ1n) is 11.4. The van der Waals surface area contributed by atoms with Crippen molar-refractivity contribution in [2.75, 3.05) is 37.6 Å². The van der Waals surface area contributed by atoms with Crippen molar-refractivity contribution >= 4 is 11.7 Å². The molecule has 0 aromatic heterocycles. The minimum atomic E-state index is -0.136. The van der Waals surface area contributed by atoms with Crippen LogP contribution in [0.1, 0.15) is 56.3 Å². The molecule has 4 heteroatoms. The molecule has 1 aliphatic carbocycles. The van der Waals surface area contributed by atoms with Gasteiger partial charge in [-0.25, -0.2) is 0 Å². The first kappa shape index (κ1) is 22.4. The molecule has 0 amide bonds. The standard InChI is InChI=1S/C26H36N2O2/c1-4-8-21(6-3)11-14-26(29)30-25-10-7-9-22-12-13-23(20-24(22)25)28-18-16-27(15-5-2)17-19-28/h4,6,8,12-13,20,25H,1,3,5,7,9-11,14-19H2,2H3/b21-8+. The first-order valence-corrected chi connectivity index (χ1v) is 11.4. The lowest BCUT2D eigenvalue weighted by molar-refractivity contribution is -0.150. The predicted octanol–water partition coefficient (Wildman–Crippen LogP) is 5.22. The normalized spacial score (nSPS) is 19.8. The van der Waals surface area contributed by atoms with Crippen LogP contribution in [-0.2, 0) is 16.0 Å². The van der Waals surface area contributed by atoms with Crippen LogP contribution < -0.4 is 4.90 Å². The van der Waals surface area contributed by atoms with E-state index >= 15 is 0 Å². The molecule has 2 aliphatic rings. The smallest absolute Gasteiger partial charge is 0.306 e. The third kappa shape index (κ3) is 5.85. The molecular formula is C26H36N2O2. The molecule has 0 saturated carbocycles. The van der Waals surface area contributed by atoms with Crippen molar-refractivity contribution in [1.82, 2.24) is 4.90 Å². The van der Waals surface area contributed by atoms with Crippen molar-refractivity contribution in [2.24, 2.45) is 0 Å². The summed E-state index contributed by atoms with van der Waals surface area (Å²) in [6.45, 7) is 15.3. The SMILES string of the molecule is C=C/C=C(\C=C)CCC(=O)OC1CCCc2ccc(N3CCN(CCC)CC3)cc21. The summed E-state index contributed by atoms with van der Waals surface area (Å²) in [5.74, 6) is -0.136. The molecule has 4 nitrogen and oxygen atoms in total. The van der Waals surface area contributed by atoms with Crippen LogP contribution in [0.4, 0.5) is 5.69 Å². The summed E-state index contributed by atoms with van der Waals surface area (Å²) < 4.78 is 5.93. The van der Waals surface area contributed by atoms with Crippen molar-refractivity contribution in [3.63, 3.8) is 0 Å². The zero-order valence-corrected chi connectivity index (χ0v) is 18.4. The molecule has 30 heavy (non-hydrogen) atoms. The number of esters is 1. The zero-order chi connectivity index (χ0) is 21.3. The first-order chi connectivity index (χ1) is 14.6. The van der Waals surface area contributed by atoms with E-state index in [1.165, 1.54) is 29.8 Å². The molecule has 0 spiro atoms. The number of nitrogens with zero attached hydrogens (tertiary/aromatic N) is 2. The van der Waals surface area contributed by atoms with Crippen molar-refractivity contribution in [3.8, 4) is 0 Å². The van der Waals surface area contributed by atoms with E-state index in [0.717, 1.165) is 51.0 Å². The number of benzene rings is 1. The number of aryl methyl sites for hydroxylation is 1. The highest BCUT2D eigenvalue weighted by atomic mass is 16.5. The summed E-state index contributed by atoms with van der Waals surface area (Å²) in [6, 6.07) is 6.76. The van der Waals surface area contributed by atoms with Gasteiger partial charge >= 0.3 is 5.97 Å². The van der Waals surface area contributed by atoms with E-state index in [1.807, 2.05) is 6.08 Å². The second kappa shape index (κ2) is 11.2. The molecule has 162 valence electrons. The number of fused-ring (bicyclic) bond motifs is 1. The Morgan fingerprint density at radius 1 is 1.20 bits per heavy atom. The second-order valence-corrected chi connectivity index (χ2v) is 8.26. The summed E-state index contributed by atoms with van der Waals surface area (Å²) >= 11 is 0. The van der Waals surface area contributed by atoms with Gasteiger partial charge in [-0.05, 0) is 67.5 Å². The van der Waals surface area contributed by atoms with Crippen LogP contribution in [-0.4, -0.2) is 43.6 Å². The Labute approximate surface area is 181 Å². The summed E-state index contributed by atoms with van der Waals surface area (Å²) in [5, 5.41) is 0. The van der Waals surface area contributed by atoms with Crippen molar-refractivity contribution in [1.29, 1.82) is 0 Å². The lowest BCUT2D eigenvalue weighted by Crippen LogP contribution is -2.46. The maximum Gasteiger partial charge on any atom is 0.306 e. The molecule has 1 atom stereocenters. The van der Waals surface area contributed by atoms with E-state index in [4.69, 9.17) is 4.74 Å². The molecule has 0 bridgehead atoms. The monoisotopic (exact) mass is 408 g/mol. The van der Waals surface area contributed by atoms with Gasteiger partial charge in [-0.15, -0.1) is 0 Å². The number of hydrogen-bond acceptors (Lipinski definition) is 4. The van der Waals surface area contributed by atoms with E-state index in [2.05, 4.69) is 48.1 Å². The highest BCUT2D eigenvalue weighted by Crippen LogP contribution is 2.35. The molecule has 1 aliphatic heterocycles. The van der Waals surface area contributed by atoms with Gasteiger partial charge in [0.1, 0.15) is 6.10 Å². The van der Waals surface area contributed by atoms with Crippen LogP contribution in [0.3, 0.4) is 0 Å². The van der Waals surface area contributed by atoms with Gasteiger partial charge in [0, 0.05) is 38.3 Å². The maximum absolute atomic E-state index is 12.5. The average Bonchev–Trinajstić information content (AvgIpc) is 2.77. The predicted molar refractivity (Wildman–Crippen MR) is 125 cm³/mol. The number of anilines is 1. The third-order valence-corrected chi connectivity index (χ3v) is 6.15. The Hall–Kier alpha value is -2.33. The second-order valence-electron chi connectivity index (χ2n) is 8.26. The Morgan fingerprint density at radius 3 is 2.70 bits per heavy atom. The summed E-state index contributed by atoms with van der Waals surface area (Å²) in [7, 11) is 0. The number of carbonyl (C=O) groups is 1. The van der Waals surface area contributed by atoms with Crippen LogP contribution in [0.5, 0.6) is 0 Å². The van der Waals surface area contributed by atoms with Crippen molar-refractivity contribution < 1.29 is 9.53 Å². The minimum Gasteiger partial charge on any atom is -0.457 e. The highest BCUT2D eigenvalue weighted by Gasteiger charge is 2.25. The van der Waals surface area contributed by atoms with E-state index < -0.39 is 0 Å². The van der Waals surface area contributed by atoms with Gasteiger partial charge < -0.3 is 9.64 Å². The topological polar surface area (TPSA) is 32.8 Å². The van der Waals surface area contributed by atoms with E-state index in [0.29, 0.717) is 12.8 Å². The maximum atomic E-state index is 12.5. The van der Waals surface area contributed by atoms with Crippen LogP contribution in [0, 0.1) is 0 Å². The van der Waals surface area contributed by atoms with E-state index in [1.54, 1.807) is 12.2 Å². The van der Waals surface area contributed by atoms with Gasteiger partial charge in [0.15, 0.2) is 0 Å². The van der Waals surface area contributed by atoms with Crippen molar-refractivity contribution in [3.05, 3.63) is 66.3 Å². The fraction of sp³-hybridized carbons (Fsp3) is 0.500. The Kier molecular flexibility index (Phi) is 8.32. The molecule has 0 radical (unpaired) electrons.